The van der Waals surface area contributed by atoms with E-state index in [1.54, 1.807) is 11.1 Å². The highest BCUT2D eigenvalue weighted by atomic mass is 16.5. The molecule has 0 aromatic carbocycles. The average Bonchev–Trinajstić information content (AvgIpc) is 3.34. The zero-order valence-corrected chi connectivity index (χ0v) is 15.2. The maximum atomic E-state index is 12.9. The molecule has 1 atom stereocenters. The van der Waals surface area contributed by atoms with Gasteiger partial charge >= 0.3 is 0 Å². The first-order valence-electron chi connectivity index (χ1n) is 9.38. The van der Waals surface area contributed by atoms with E-state index in [1.165, 1.54) is 7.11 Å². The van der Waals surface area contributed by atoms with Crippen LogP contribution in [0.4, 0.5) is 0 Å². The quantitative estimate of drug-likeness (QED) is 0.776. The number of ether oxygens (including phenoxy) is 2. The lowest BCUT2D eigenvalue weighted by molar-refractivity contribution is -0.182. The SMILES string of the molecule is COCC(=O)N1CCC2(CC1)O[C@@H](C(=O)N1CCCC1)Cn1ccnc12. The number of piperidine rings is 1. The Hall–Kier alpha value is -1.93. The highest BCUT2D eigenvalue weighted by Gasteiger charge is 2.48. The fourth-order valence-corrected chi connectivity index (χ4v) is 4.34. The lowest BCUT2D eigenvalue weighted by atomic mass is 9.88. The molecule has 8 nitrogen and oxygen atoms in total. The van der Waals surface area contributed by atoms with Gasteiger partial charge in [0.25, 0.3) is 5.91 Å². The highest BCUT2D eigenvalue weighted by Crippen LogP contribution is 2.40. The van der Waals surface area contributed by atoms with Crippen LogP contribution in [-0.4, -0.2) is 77.2 Å². The summed E-state index contributed by atoms with van der Waals surface area (Å²) >= 11 is 0. The third-order valence-corrected chi connectivity index (χ3v) is 5.74. The van der Waals surface area contributed by atoms with Crippen LogP contribution in [0.25, 0.3) is 0 Å². The molecule has 0 aliphatic carbocycles. The Bertz CT molecular complexity index is 674. The highest BCUT2D eigenvalue weighted by molar-refractivity contribution is 5.81. The van der Waals surface area contributed by atoms with Crippen LogP contribution in [0.3, 0.4) is 0 Å². The van der Waals surface area contributed by atoms with Crippen LogP contribution in [0.1, 0.15) is 31.5 Å². The molecule has 0 unspecified atom stereocenters. The first kappa shape index (κ1) is 17.5. The Kier molecular flexibility index (Phi) is 4.71. The van der Waals surface area contributed by atoms with Crippen LogP contribution in [0.5, 0.6) is 0 Å². The second-order valence-electron chi connectivity index (χ2n) is 7.35. The van der Waals surface area contributed by atoms with Gasteiger partial charge in [0.2, 0.25) is 5.91 Å². The summed E-state index contributed by atoms with van der Waals surface area (Å²) in [5, 5.41) is 0. The number of methoxy groups -OCH3 is 1. The van der Waals surface area contributed by atoms with E-state index < -0.39 is 11.7 Å². The number of rotatable bonds is 3. The van der Waals surface area contributed by atoms with E-state index in [0.717, 1.165) is 31.8 Å². The first-order valence-corrected chi connectivity index (χ1v) is 9.38. The molecule has 2 saturated heterocycles. The molecule has 1 spiro atoms. The zero-order chi connectivity index (χ0) is 18.1. The molecule has 3 aliphatic heterocycles. The molecule has 0 bridgehead atoms. The number of hydrogen-bond donors (Lipinski definition) is 0. The number of aromatic nitrogens is 2. The lowest BCUT2D eigenvalue weighted by Gasteiger charge is -2.46. The van der Waals surface area contributed by atoms with Crippen LogP contribution in [0.2, 0.25) is 0 Å². The largest absolute Gasteiger partial charge is 0.375 e. The van der Waals surface area contributed by atoms with Crippen molar-refractivity contribution in [2.75, 3.05) is 39.9 Å². The molecule has 26 heavy (non-hydrogen) atoms. The Labute approximate surface area is 153 Å². The number of nitrogens with zero attached hydrogens (tertiary/aromatic N) is 4. The minimum atomic E-state index is -0.592. The van der Waals surface area contributed by atoms with Crippen LogP contribution < -0.4 is 0 Å². The summed E-state index contributed by atoms with van der Waals surface area (Å²) in [5.74, 6) is 0.951. The molecule has 4 heterocycles. The zero-order valence-electron chi connectivity index (χ0n) is 15.2. The summed E-state index contributed by atoms with van der Waals surface area (Å²) in [7, 11) is 1.53. The second-order valence-corrected chi connectivity index (χ2v) is 7.35. The Morgan fingerprint density at radius 3 is 2.65 bits per heavy atom. The van der Waals surface area contributed by atoms with E-state index >= 15 is 0 Å². The monoisotopic (exact) mass is 362 g/mol. The summed E-state index contributed by atoms with van der Waals surface area (Å²) in [6, 6.07) is 0. The summed E-state index contributed by atoms with van der Waals surface area (Å²) in [5.41, 5.74) is -0.592. The molecule has 1 aromatic heterocycles. The standard InChI is InChI=1S/C18H26N4O4/c1-25-13-15(23)20-9-4-18(5-10-20)17-19-6-11-22(17)12-14(26-18)16(24)21-7-2-3-8-21/h6,11,14H,2-5,7-10,12-13H2,1H3/t14-/m1/s1. The number of amides is 2. The van der Waals surface area contributed by atoms with Crippen LogP contribution in [0, 0.1) is 0 Å². The molecule has 0 saturated carbocycles. The van der Waals surface area contributed by atoms with Gasteiger partial charge in [-0.15, -0.1) is 0 Å². The topological polar surface area (TPSA) is 76.9 Å². The molecule has 142 valence electrons. The minimum Gasteiger partial charge on any atom is -0.375 e. The van der Waals surface area contributed by atoms with Crippen LogP contribution in [0.15, 0.2) is 12.4 Å². The smallest absolute Gasteiger partial charge is 0.253 e. The van der Waals surface area contributed by atoms with Gasteiger partial charge in [-0.05, 0) is 12.8 Å². The van der Waals surface area contributed by atoms with Crippen LogP contribution in [-0.2, 0) is 31.2 Å². The van der Waals surface area contributed by atoms with Crippen molar-refractivity contribution in [2.24, 2.45) is 0 Å². The second kappa shape index (κ2) is 7.00. The molecule has 0 radical (unpaired) electrons. The first-order chi connectivity index (χ1) is 12.6. The van der Waals surface area contributed by atoms with E-state index in [1.807, 2.05) is 11.1 Å². The van der Waals surface area contributed by atoms with E-state index in [9.17, 15) is 9.59 Å². The molecule has 3 aliphatic rings. The van der Waals surface area contributed by atoms with Crippen molar-refractivity contribution >= 4 is 11.8 Å². The summed E-state index contributed by atoms with van der Waals surface area (Å²) in [6.45, 7) is 3.42. The maximum Gasteiger partial charge on any atom is 0.253 e. The molecule has 2 fully saturated rings. The van der Waals surface area contributed by atoms with E-state index in [-0.39, 0.29) is 18.4 Å². The minimum absolute atomic E-state index is 0.00815. The Morgan fingerprint density at radius 1 is 1.23 bits per heavy atom. The van der Waals surface area contributed by atoms with Gasteiger partial charge in [0, 0.05) is 58.5 Å². The number of likely N-dealkylation sites (tertiary alicyclic amines) is 2. The maximum absolute atomic E-state index is 12.9. The number of imidazole rings is 1. The molecule has 0 N–H and O–H groups in total. The normalized spacial score (nSPS) is 24.7. The van der Waals surface area contributed by atoms with Crippen molar-refractivity contribution in [3.8, 4) is 0 Å². The third kappa shape index (κ3) is 3.01. The van der Waals surface area contributed by atoms with Gasteiger partial charge < -0.3 is 23.8 Å². The van der Waals surface area contributed by atoms with Gasteiger partial charge in [-0.2, -0.15) is 0 Å². The molecular weight excluding hydrogens is 336 g/mol. The van der Waals surface area contributed by atoms with Gasteiger partial charge in [-0.3, -0.25) is 9.59 Å². The van der Waals surface area contributed by atoms with E-state index in [4.69, 9.17) is 9.47 Å². The summed E-state index contributed by atoms with van der Waals surface area (Å²) in [6.07, 6.45) is 6.63. The third-order valence-electron chi connectivity index (χ3n) is 5.74. The average molecular weight is 362 g/mol. The van der Waals surface area contributed by atoms with Gasteiger partial charge in [0.15, 0.2) is 6.10 Å². The van der Waals surface area contributed by atoms with Gasteiger partial charge in [-0.1, -0.05) is 0 Å². The predicted octanol–water partition coefficient (Wildman–Crippen LogP) is 0.368. The van der Waals surface area contributed by atoms with Crippen molar-refractivity contribution in [3.05, 3.63) is 18.2 Å². The number of fused-ring (bicyclic) bond motifs is 2. The van der Waals surface area contributed by atoms with Crippen molar-refractivity contribution in [2.45, 2.75) is 43.9 Å². The van der Waals surface area contributed by atoms with Gasteiger partial charge in [0.1, 0.15) is 18.0 Å². The fourth-order valence-electron chi connectivity index (χ4n) is 4.34. The molecular formula is C18H26N4O4. The number of hydrogen-bond acceptors (Lipinski definition) is 5. The lowest BCUT2D eigenvalue weighted by Crippen LogP contribution is -2.55. The van der Waals surface area contributed by atoms with Crippen molar-refractivity contribution in [1.29, 1.82) is 0 Å². The summed E-state index contributed by atoms with van der Waals surface area (Å²) in [4.78, 5) is 33.2. The Morgan fingerprint density at radius 2 is 1.96 bits per heavy atom. The van der Waals surface area contributed by atoms with Crippen molar-refractivity contribution in [1.82, 2.24) is 19.4 Å². The number of carbonyl (C=O) groups is 2. The van der Waals surface area contributed by atoms with Crippen LogP contribution >= 0.6 is 0 Å². The fraction of sp³-hybridized carbons (Fsp3) is 0.722. The molecule has 4 rings (SSSR count). The van der Waals surface area contributed by atoms with Crippen molar-refractivity contribution < 1.29 is 19.1 Å². The predicted molar refractivity (Wildman–Crippen MR) is 92.3 cm³/mol. The summed E-state index contributed by atoms with van der Waals surface area (Å²) < 4.78 is 13.4. The van der Waals surface area contributed by atoms with E-state index in [2.05, 4.69) is 9.55 Å². The molecule has 8 heteroatoms. The number of carbonyl (C=O) groups excluding carboxylic acids is 2. The van der Waals surface area contributed by atoms with Crippen molar-refractivity contribution in [3.63, 3.8) is 0 Å². The molecule has 1 aromatic rings. The molecule has 2 amide bonds. The van der Waals surface area contributed by atoms with Gasteiger partial charge in [0.05, 0.1) is 6.54 Å². The van der Waals surface area contributed by atoms with Gasteiger partial charge in [-0.25, -0.2) is 4.98 Å². The Balaban J connectivity index is 1.52. The van der Waals surface area contributed by atoms with E-state index in [0.29, 0.717) is 32.5 Å².